The summed E-state index contributed by atoms with van der Waals surface area (Å²) in [7, 11) is 0. The van der Waals surface area contributed by atoms with E-state index in [0.717, 1.165) is 11.1 Å². The molecule has 1 unspecified atom stereocenters. The Hall–Kier alpha value is -2.24. The summed E-state index contributed by atoms with van der Waals surface area (Å²) < 4.78 is 1.57. The molecule has 20 heavy (non-hydrogen) atoms. The molecule has 0 saturated carbocycles. The first-order valence-electron chi connectivity index (χ1n) is 6.53. The van der Waals surface area contributed by atoms with Crippen molar-refractivity contribution in [2.24, 2.45) is 5.41 Å². The van der Waals surface area contributed by atoms with Crippen LogP contribution in [0.15, 0.2) is 24.3 Å². The monoisotopic (exact) mass is 274 g/mol. The maximum Gasteiger partial charge on any atom is 0.311 e. The third kappa shape index (κ3) is 2.54. The molecule has 0 fully saturated rings. The molecule has 0 spiro atoms. The molecule has 0 aliphatic heterocycles. The van der Waals surface area contributed by atoms with Crippen LogP contribution >= 0.6 is 0 Å². The number of hydrogen-bond donors (Lipinski definition) is 1. The Balaban J connectivity index is 2.40. The van der Waals surface area contributed by atoms with E-state index >= 15 is 0 Å². The Morgan fingerprint density at radius 2 is 2.10 bits per heavy atom. The molecule has 106 valence electrons. The maximum absolute atomic E-state index is 11.4. The number of rotatable bonds is 5. The molecule has 2 rings (SSSR count). The molecule has 0 aliphatic rings. The van der Waals surface area contributed by atoms with Crippen LogP contribution in [-0.2, 0) is 11.3 Å². The van der Waals surface area contributed by atoms with E-state index in [1.807, 2.05) is 38.1 Å². The highest BCUT2D eigenvalue weighted by Gasteiger charge is 2.33. The van der Waals surface area contributed by atoms with Crippen LogP contribution in [0.5, 0.6) is 0 Å². The van der Waals surface area contributed by atoms with E-state index < -0.39 is 11.4 Å². The summed E-state index contributed by atoms with van der Waals surface area (Å²) in [6.45, 7) is 5.78. The summed E-state index contributed by atoms with van der Waals surface area (Å²) in [6, 6.07) is 7.77. The first-order chi connectivity index (χ1) is 9.48. The average Bonchev–Trinajstić information content (AvgIpc) is 2.86. The highest BCUT2D eigenvalue weighted by atomic mass is 16.4. The Morgan fingerprint density at radius 3 is 2.70 bits per heavy atom. The number of aromatic nitrogens is 4. The first kappa shape index (κ1) is 14.2. The van der Waals surface area contributed by atoms with Gasteiger partial charge in [-0.2, -0.15) is 0 Å². The van der Waals surface area contributed by atoms with Crippen LogP contribution < -0.4 is 0 Å². The van der Waals surface area contributed by atoms with Crippen molar-refractivity contribution < 1.29 is 9.90 Å². The normalized spacial score (nSPS) is 13.9. The Kier molecular flexibility index (Phi) is 3.83. The lowest BCUT2D eigenvalue weighted by Crippen LogP contribution is -2.32. The van der Waals surface area contributed by atoms with Crippen molar-refractivity contribution in [3.8, 4) is 11.4 Å². The van der Waals surface area contributed by atoms with Crippen molar-refractivity contribution >= 4 is 5.97 Å². The van der Waals surface area contributed by atoms with E-state index in [1.165, 1.54) is 0 Å². The molecule has 1 atom stereocenters. The average molecular weight is 274 g/mol. The number of carboxylic acid groups (broad SMARTS) is 1. The number of hydrogen-bond acceptors (Lipinski definition) is 4. The summed E-state index contributed by atoms with van der Waals surface area (Å²) in [5, 5.41) is 21.0. The fraction of sp³-hybridized carbons (Fsp3) is 0.429. The molecule has 6 heteroatoms. The smallest absolute Gasteiger partial charge is 0.311 e. The molecule has 2 aromatic rings. The maximum atomic E-state index is 11.4. The zero-order valence-corrected chi connectivity index (χ0v) is 11.9. The summed E-state index contributed by atoms with van der Waals surface area (Å²) in [4.78, 5) is 11.4. The molecule has 0 saturated heterocycles. The number of carboxylic acids is 1. The van der Waals surface area contributed by atoms with Crippen molar-refractivity contribution in [2.75, 3.05) is 0 Å². The van der Waals surface area contributed by atoms with Crippen LogP contribution in [0.4, 0.5) is 0 Å². The molecule has 0 radical (unpaired) electrons. The van der Waals surface area contributed by atoms with Crippen LogP contribution in [0.2, 0.25) is 0 Å². The van der Waals surface area contributed by atoms with Gasteiger partial charge < -0.3 is 5.11 Å². The van der Waals surface area contributed by atoms with Crippen LogP contribution in [0.1, 0.15) is 25.8 Å². The van der Waals surface area contributed by atoms with E-state index in [1.54, 1.807) is 11.6 Å². The van der Waals surface area contributed by atoms with Gasteiger partial charge in [0.2, 0.25) is 0 Å². The number of aryl methyl sites for hydroxylation is 1. The number of tetrazole rings is 1. The molecule has 1 aromatic heterocycles. The van der Waals surface area contributed by atoms with E-state index in [9.17, 15) is 9.90 Å². The highest BCUT2D eigenvalue weighted by molar-refractivity contribution is 5.74. The second kappa shape index (κ2) is 5.40. The minimum absolute atomic E-state index is 0.246. The summed E-state index contributed by atoms with van der Waals surface area (Å²) in [5.41, 5.74) is 1.09. The largest absolute Gasteiger partial charge is 0.481 e. The van der Waals surface area contributed by atoms with Gasteiger partial charge in [0.05, 0.1) is 12.0 Å². The van der Waals surface area contributed by atoms with Crippen LogP contribution in [0.25, 0.3) is 11.4 Å². The minimum Gasteiger partial charge on any atom is -0.481 e. The Morgan fingerprint density at radius 1 is 1.40 bits per heavy atom. The van der Waals surface area contributed by atoms with Gasteiger partial charge >= 0.3 is 5.97 Å². The summed E-state index contributed by atoms with van der Waals surface area (Å²) >= 11 is 0. The van der Waals surface area contributed by atoms with Gasteiger partial charge in [0.25, 0.3) is 0 Å². The van der Waals surface area contributed by atoms with Gasteiger partial charge in [0, 0.05) is 5.56 Å². The quantitative estimate of drug-likeness (QED) is 0.903. The Labute approximate surface area is 117 Å². The molecule has 0 aliphatic carbocycles. The molecule has 1 heterocycles. The number of aliphatic carboxylic acids is 1. The molecular formula is C14H18N4O2. The van der Waals surface area contributed by atoms with Crippen molar-refractivity contribution in [2.45, 2.75) is 33.7 Å². The number of carbonyl (C=O) groups is 1. The van der Waals surface area contributed by atoms with Gasteiger partial charge in [-0.3, -0.25) is 4.79 Å². The lowest BCUT2D eigenvalue weighted by Gasteiger charge is -2.23. The van der Waals surface area contributed by atoms with Gasteiger partial charge in [-0.25, -0.2) is 4.68 Å². The first-order valence-corrected chi connectivity index (χ1v) is 6.53. The number of nitrogens with zero attached hydrogens (tertiary/aromatic N) is 4. The molecule has 6 nitrogen and oxygen atoms in total. The fourth-order valence-corrected chi connectivity index (χ4v) is 1.99. The van der Waals surface area contributed by atoms with E-state index in [4.69, 9.17) is 0 Å². The SMILES string of the molecule is CCC(C)(Cn1nnnc1-c1ccccc1C)C(=O)O. The van der Waals surface area contributed by atoms with E-state index in [2.05, 4.69) is 15.5 Å². The minimum atomic E-state index is -0.882. The van der Waals surface area contributed by atoms with Crippen LogP contribution in [0.3, 0.4) is 0 Å². The van der Waals surface area contributed by atoms with Gasteiger partial charge in [-0.05, 0) is 36.3 Å². The van der Waals surface area contributed by atoms with Gasteiger partial charge in [0.15, 0.2) is 5.82 Å². The van der Waals surface area contributed by atoms with E-state index in [0.29, 0.717) is 12.2 Å². The lowest BCUT2D eigenvalue weighted by atomic mass is 9.87. The van der Waals surface area contributed by atoms with Crippen LogP contribution in [-0.4, -0.2) is 31.3 Å². The third-order valence-electron chi connectivity index (χ3n) is 3.71. The van der Waals surface area contributed by atoms with Gasteiger partial charge in [-0.15, -0.1) is 5.10 Å². The summed E-state index contributed by atoms with van der Waals surface area (Å²) in [6.07, 6.45) is 0.509. The van der Waals surface area contributed by atoms with Crippen molar-refractivity contribution in [3.63, 3.8) is 0 Å². The zero-order chi connectivity index (χ0) is 14.8. The second-order valence-electron chi connectivity index (χ2n) is 5.19. The van der Waals surface area contributed by atoms with E-state index in [-0.39, 0.29) is 6.54 Å². The van der Waals surface area contributed by atoms with Crippen molar-refractivity contribution in [1.82, 2.24) is 20.2 Å². The third-order valence-corrected chi connectivity index (χ3v) is 3.71. The number of benzene rings is 1. The lowest BCUT2D eigenvalue weighted by molar-refractivity contribution is -0.149. The predicted molar refractivity (Wildman–Crippen MR) is 74.0 cm³/mol. The van der Waals surface area contributed by atoms with Gasteiger partial charge in [0.1, 0.15) is 0 Å². The zero-order valence-electron chi connectivity index (χ0n) is 11.9. The van der Waals surface area contributed by atoms with Crippen molar-refractivity contribution in [3.05, 3.63) is 29.8 Å². The fourth-order valence-electron chi connectivity index (χ4n) is 1.99. The summed E-state index contributed by atoms with van der Waals surface area (Å²) in [5.74, 6) is -0.241. The topological polar surface area (TPSA) is 80.9 Å². The molecule has 0 bridgehead atoms. The molecular weight excluding hydrogens is 256 g/mol. The Bertz CT molecular complexity index is 623. The second-order valence-corrected chi connectivity index (χ2v) is 5.19. The van der Waals surface area contributed by atoms with Crippen LogP contribution in [0, 0.1) is 12.3 Å². The molecule has 1 aromatic carbocycles. The van der Waals surface area contributed by atoms with Gasteiger partial charge in [-0.1, -0.05) is 31.2 Å². The predicted octanol–water partition coefficient (Wildman–Crippen LogP) is 2.15. The highest BCUT2D eigenvalue weighted by Crippen LogP contribution is 2.27. The van der Waals surface area contributed by atoms with Crippen molar-refractivity contribution in [1.29, 1.82) is 0 Å². The standard InChI is InChI=1S/C14H18N4O2/c1-4-14(3,13(19)20)9-18-12(15-16-17-18)11-8-6-5-7-10(11)2/h5-8H,4,9H2,1-3H3,(H,19,20). The molecule has 0 amide bonds. The molecule has 1 N–H and O–H groups in total.